The van der Waals surface area contributed by atoms with Crippen molar-refractivity contribution in [1.82, 2.24) is 5.43 Å². The lowest BCUT2D eigenvalue weighted by Crippen LogP contribution is -2.18. The lowest BCUT2D eigenvalue weighted by molar-refractivity contribution is -0.121. The summed E-state index contributed by atoms with van der Waals surface area (Å²) < 4.78 is 10.6. The molecule has 0 radical (unpaired) electrons. The Labute approximate surface area is 150 Å². The second-order valence-electron chi connectivity index (χ2n) is 6.53. The van der Waals surface area contributed by atoms with Gasteiger partial charge in [0.2, 0.25) is 12.7 Å². The summed E-state index contributed by atoms with van der Waals surface area (Å²) in [5.74, 6) is 1.44. The predicted molar refractivity (Wildman–Crippen MR) is 100 cm³/mol. The van der Waals surface area contributed by atoms with Gasteiger partial charge in [0.25, 0.3) is 0 Å². The first-order chi connectivity index (χ1) is 12.2. The Morgan fingerprint density at radius 2 is 1.72 bits per heavy atom. The molecule has 1 heterocycles. The second-order valence-corrected chi connectivity index (χ2v) is 6.53. The van der Waals surface area contributed by atoms with Gasteiger partial charge in [0, 0.05) is 12.0 Å². The Bertz CT molecular complexity index is 584. The molecule has 25 heavy (non-hydrogen) atoms. The number of nitrogens with zero attached hydrogens (tertiary/aromatic N) is 1. The standard InChI is InChI=1S/C20H30N2O3/c1-3-4-5-6-7-8-9-10-11-20(23)22-21-16(2)17-12-13-18-19(14-17)25-15-24-18/h12-14H,3-11,15H2,1-2H3,(H,22,23)/b21-16+. The van der Waals surface area contributed by atoms with E-state index in [1.54, 1.807) is 0 Å². The van der Waals surface area contributed by atoms with Crippen LogP contribution in [0.25, 0.3) is 0 Å². The number of carbonyl (C=O) groups excluding carboxylic acids is 1. The molecule has 1 aliphatic rings. The van der Waals surface area contributed by atoms with Crippen LogP contribution in [0.1, 0.15) is 77.2 Å². The number of benzene rings is 1. The molecule has 0 saturated heterocycles. The molecule has 0 unspecified atom stereocenters. The number of hydrogen-bond donors (Lipinski definition) is 1. The van der Waals surface area contributed by atoms with Gasteiger partial charge < -0.3 is 9.47 Å². The van der Waals surface area contributed by atoms with E-state index >= 15 is 0 Å². The fraction of sp³-hybridized carbons (Fsp3) is 0.600. The van der Waals surface area contributed by atoms with Gasteiger partial charge >= 0.3 is 0 Å². The number of fused-ring (bicyclic) bond motifs is 1. The van der Waals surface area contributed by atoms with E-state index in [4.69, 9.17) is 9.47 Å². The third kappa shape index (κ3) is 6.77. The van der Waals surface area contributed by atoms with Gasteiger partial charge in [-0.25, -0.2) is 5.43 Å². The molecule has 138 valence electrons. The Balaban J connectivity index is 1.62. The average Bonchev–Trinajstić information content (AvgIpc) is 3.09. The molecule has 0 bridgehead atoms. The van der Waals surface area contributed by atoms with Gasteiger partial charge in [0.1, 0.15) is 0 Å². The van der Waals surface area contributed by atoms with Gasteiger partial charge in [-0.05, 0) is 31.5 Å². The molecule has 0 atom stereocenters. The Kier molecular flexibility index (Phi) is 8.29. The molecule has 0 aliphatic carbocycles. The molecule has 0 saturated carbocycles. The molecular formula is C20H30N2O3. The van der Waals surface area contributed by atoms with Crippen LogP contribution in [-0.4, -0.2) is 18.4 Å². The molecule has 1 aromatic rings. The number of rotatable bonds is 11. The maximum atomic E-state index is 11.9. The summed E-state index contributed by atoms with van der Waals surface area (Å²) in [5.41, 5.74) is 4.31. The first kappa shape index (κ1) is 19.3. The van der Waals surface area contributed by atoms with Gasteiger partial charge in [-0.2, -0.15) is 5.10 Å². The van der Waals surface area contributed by atoms with E-state index in [2.05, 4.69) is 17.5 Å². The minimum Gasteiger partial charge on any atom is -0.454 e. The van der Waals surface area contributed by atoms with Crippen LogP contribution in [0.5, 0.6) is 11.5 Å². The van der Waals surface area contributed by atoms with Gasteiger partial charge in [0.05, 0.1) is 5.71 Å². The first-order valence-corrected chi connectivity index (χ1v) is 9.44. The molecule has 5 heteroatoms. The zero-order valence-corrected chi connectivity index (χ0v) is 15.5. The predicted octanol–water partition coefficient (Wildman–Crippen LogP) is 4.79. The highest BCUT2D eigenvalue weighted by molar-refractivity contribution is 5.99. The normalized spacial score (nSPS) is 13.1. The van der Waals surface area contributed by atoms with E-state index in [1.807, 2.05) is 25.1 Å². The number of hydrazone groups is 1. The Hall–Kier alpha value is -2.04. The lowest BCUT2D eigenvalue weighted by atomic mass is 10.1. The molecule has 1 aliphatic heterocycles. The molecule has 2 rings (SSSR count). The maximum Gasteiger partial charge on any atom is 0.240 e. The third-order valence-corrected chi connectivity index (χ3v) is 4.40. The minimum atomic E-state index is -0.0222. The van der Waals surface area contributed by atoms with Crippen LogP contribution in [0.15, 0.2) is 23.3 Å². The van der Waals surface area contributed by atoms with Crippen molar-refractivity contribution in [1.29, 1.82) is 0 Å². The van der Waals surface area contributed by atoms with Crippen molar-refractivity contribution < 1.29 is 14.3 Å². The summed E-state index contributed by atoms with van der Waals surface area (Å²) in [5, 5.41) is 4.19. The fourth-order valence-corrected chi connectivity index (χ4v) is 2.81. The van der Waals surface area contributed by atoms with Crippen LogP contribution in [0.4, 0.5) is 0 Å². The van der Waals surface area contributed by atoms with Crippen molar-refractivity contribution in [3.8, 4) is 11.5 Å². The second kappa shape index (κ2) is 10.7. The van der Waals surface area contributed by atoms with E-state index in [-0.39, 0.29) is 12.7 Å². The zero-order valence-electron chi connectivity index (χ0n) is 15.5. The molecule has 0 fully saturated rings. The Morgan fingerprint density at radius 3 is 2.48 bits per heavy atom. The maximum absolute atomic E-state index is 11.9. The highest BCUT2D eigenvalue weighted by Crippen LogP contribution is 2.32. The average molecular weight is 346 g/mol. The van der Waals surface area contributed by atoms with Crippen molar-refractivity contribution >= 4 is 11.6 Å². The van der Waals surface area contributed by atoms with Crippen LogP contribution in [-0.2, 0) is 4.79 Å². The van der Waals surface area contributed by atoms with E-state index in [0.717, 1.165) is 35.6 Å². The van der Waals surface area contributed by atoms with Gasteiger partial charge in [-0.3, -0.25) is 4.79 Å². The highest BCUT2D eigenvalue weighted by Gasteiger charge is 2.14. The van der Waals surface area contributed by atoms with E-state index in [0.29, 0.717) is 6.42 Å². The number of ether oxygens (including phenoxy) is 2. The number of amides is 1. The molecule has 1 amide bonds. The van der Waals surface area contributed by atoms with Gasteiger partial charge in [0.15, 0.2) is 11.5 Å². The zero-order chi connectivity index (χ0) is 17.9. The SMILES string of the molecule is CCCCCCCCCCC(=O)N/N=C(\C)c1ccc2c(c1)OCO2. The number of carbonyl (C=O) groups is 1. The third-order valence-electron chi connectivity index (χ3n) is 4.40. The minimum absolute atomic E-state index is 0.0222. The van der Waals surface area contributed by atoms with E-state index < -0.39 is 0 Å². The van der Waals surface area contributed by atoms with Gasteiger partial charge in [-0.15, -0.1) is 0 Å². The topological polar surface area (TPSA) is 59.9 Å². The summed E-state index contributed by atoms with van der Waals surface area (Å²) in [4.78, 5) is 11.9. The van der Waals surface area contributed by atoms with Crippen LogP contribution in [0.3, 0.4) is 0 Å². The molecule has 1 aromatic carbocycles. The summed E-state index contributed by atoms with van der Waals surface area (Å²) in [7, 11) is 0. The van der Waals surface area contributed by atoms with Crippen LogP contribution < -0.4 is 14.9 Å². The van der Waals surface area contributed by atoms with Crippen LogP contribution in [0.2, 0.25) is 0 Å². The monoisotopic (exact) mass is 346 g/mol. The lowest BCUT2D eigenvalue weighted by Gasteiger charge is -2.04. The highest BCUT2D eigenvalue weighted by atomic mass is 16.7. The van der Waals surface area contributed by atoms with Crippen LogP contribution in [0, 0.1) is 0 Å². The molecule has 5 nitrogen and oxygen atoms in total. The molecule has 0 aromatic heterocycles. The summed E-state index contributed by atoms with van der Waals surface area (Å²) in [6.45, 7) is 4.35. The summed E-state index contributed by atoms with van der Waals surface area (Å²) >= 11 is 0. The van der Waals surface area contributed by atoms with E-state index in [9.17, 15) is 4.79 Å². The first-order valence-electron chi connectivity index (χ1n) is 9.44. The van der Waals surface area contributed by atoms with Crippen molar-refractivity contribution in [2.75, 3.05) is 6.79 Å². The number of hydrogen-bond acceptors (Lipinski definition) is 4. The molecular weight excluding hydrogens is 316 g/mol. The van der Waals surface area contributed by atoms with E-state index in [1.165, 1.54) is 38.5 Å². The number of nitrogens with one attached hydrogen (secondary N) is 1. The van der Waals surface area contributed by atoms with Gasteiger partial charge in [-0.1, -0.05) is 51.9 Å². The fourth-order valence-electron chi connectivity index (χ4n) is 2.81. The van der Waals surface area contributed by atoms with Crippen molar-refractivity contribution in [3.63, 3.8) is 0 Å². The molecule has 0 spiro atoms. The van der Waals surface area contributed by atoms with Crippen molar-refractivity contribution in [3.05, 3.63) is 23.8 Å². The van der Waals surface area contributed by atoms with Crippen molar-refractivity contribution in [2.45, 2.75) is 71.6 Å². The summed E-state index contributed by atoms with van der Waals surface area (Å²) in [6.07, 6.45) is 10.4. The Morgan fingerprint density at radius 1 is 1.04 bits per heavy atom. The van der Waals surface area contributed by atoms with Crippen molar-refractivity contribution in [2.24, 2.45) is 5.10 Å². The summed E-state index contributed by atoms with van der Waals surface area (Å²) in [6, 6.07) is 5.65. The smallest absolute Gasteiger partial charge is 0.240 e. The largest absolute Gasteiger partial charge is 0.454 e. The number of unbranched alkanes of at least 4 members (excludes halogenated alkanes) is 7. The molecule has 1 N–H and O–H groups in total. The quantitative estimate of drug-likeness (QED) is 0.356. The van der Waals surface area contributed by atoms with Crippen LogP contribution >= 0.6 is 0 Å².